The fourth-order valence-electron chi connectivity index (χ4n) is 2.34. The Kier molecular flexibility index (Phi) is 6.56. The number of nitrogens with one attached hydrogen (secondary N) is 1. The van der Waals surface area contributed by atoms with Crippen LogP contribution < -0.4 is 10.1 Å². The van der Waals surface area contributed by atoms with Crippen LogP contribution in [0.3, 0.4) is 0 Å². The maximum atomic E-state index is 12.4. The smallest absolute Gasteiger partial charge is 0.237 e. The number of amides is 1. The van der Waals surface area contributed by atoms with Crippen LogP contribution in [-0.2, 0) is 4.79 Å². The number of likely N-dealkylation sites (tertiary alicyclic amines) is 1. The lowest BCUT2D eigenvalue weighted by Crippen LogP contribution is -2.29. The number of methoxy groups -OCH3 is 1. The molecule has 0 aliphatic carbocycles. The van der Waals surface area contributed by atoms with E-state index in [1.54, 1.807) is 13.2 Å². The van der Waals surface area contributed by atoms with Crippen LogP contribution in [0.25, 0.3) is 0 Å². The fraction of sp³-hybridized carbons (Fsp3) is 0.500. The molecule has 1 aliphatic rings. The molecule has 1 aromatic rings. The average Bonchev–Trinajstić information content (AvgIpc) is 3.04. The van der Waals surface area contributed by atoms with Crippen molar-refractivity contribution in [2.45, 2.75) is 31.9 Å². The fourth-order valence-corrected chi connectivity index (χ4v) is 3.91. The summed E-state index contributed by atoms with van der Waals surface area (Å²) in [6, 6.07) is 3.52. The van der Waals surface area contributed by atoms with Gasteiger partial charge in [-0.05, 0) is 38.3 Å². The molecule has 7 heteroatoms. The minimum absolute atomic E-state index is 0.100. The van der Waals surface area contributed by atoms with Crippen molar-refractivity contribution in [1.29, 1.82) is 0 Å². The predicted molar refractivity (Wildman–Crippen MR) is 102 cm³/mol. The van der Waals surface area contributed by atoms with Gasteiger partial charge >= 0.3 is 0 Å². The van der Waals surface area contributed by atoms with Crippen LogP contribution in [0.1, 0.15) is 25.3 Å². The van der Waals surface area contributed by atoms with Gasteiger partial charge in [-0.1, -0.05) is 35.6 Å². The molecule has 1 saturated heterocycles. The Labute approximate surface area is 151 Å². The Morgan fingerprint density at radius 2 is 2.09 bits per heavy atom. The van der Waals surface area contributed by atoms with Crippen molar-refractivity contribution in [3.63, 3.8) is 0 Å². The number of thiocarbonyl (C=S) groups is 1. The maximum absolute atomic E-state index is 12.4. The second-order valence-corrected chi connectivity index (χ2v) is 7.89. The predicted octanol–water partition coefficient (Wildman–Crippen LogP) is 4.10. The molecule has 0 aromatic heterocycles. The van der Waals surface area contributed by atoms with E-state index in [1.165, 1.54) is 24.6 Å². The second kappa shape index (κ2) is 8.22. The molecule has 1 unspecified atom stereocenters. The van der Waals surface area contributed by atoms with E-state index in [0.29, 0.717) is 16.5 Å². The molecule has 0 saturated carbocycles. The lowest BCUT2D eigenvalue weighted by atomic mass is 10.2. The normalized spacial score (nSPS) is 15.4. The monoisotopic (exact) mass is 372 g/mol. The van der Waals surface area contributed by atoms with E-state index in [0.717, 1.165) is 23.0 Å². The van der Waals surface area contributed by atoms with Gasteiger partial charge in [0.05, 0.1) is 18.0 Å². The molecule has 1 heterocycles. The number of anilines is 1. The van der Waals surface area contributed by atoms with E-state index in [2.05, 4.69) is 10.2 Å². The van der Waals surface area contributed by atoms with Gasteiger partial charge in [0.1, 0.15) is 10.1 Å². The van der Waals surface area contributed by atoms with Gasteiger partial charge in [-0.3, -0.25) is 4.79 Å². The molecular weight excluding hydrogens is 352 g/mol. The number of rotatable bonds is 4. The standard InChI is InChI=1S/C16H21ClN2O2S2/c1-10-8-13(14(21-3)9-12(10)17)18-15(20)11(2)23-16(22)19-6-4-5-7-19/h8-9,11H,4-7H2,1-3H3,(H,18,20). The van der Waals surface area contributed by atoms with E-state index in [-0.39, 0.29) is 11.2 Å². The second-order valence-electron chi connectivity index (χ2n) is 5.51. The van der Waals surface area contributed by atoms with Crippen molar-refractivity contribution in [3.05, 3.63) is 22.7 Å². The molecule has 1 aliphatic heterocycles. The van der Waals surface area contributed by atoms with Gasteiger partial charge in [-0.15, -0.1) is 0 Å². The molecule has 0 radical (unpaired) electrons. The number of ether oxygens (including phenoxy) is 1. The largest absolute Gasteiger partial charge is 0.495 e. The molecule has 1 N–H and O–H groups in total. The van der Waals surface area contributed by atoms with Gasteiger partial charge in [0, 0.05) is 24.2 Å². The number of aryl methyl sites for hydroxylation is 1. The lowest BCUT2D eigenvalue weighted by Gasteiger charge is -2.21. The van der Waals surface area contributed by atoms with Crippen LogP contribution in [0.2, 0.25) is 5.02 Å². The molecule has 0 spiro atoms. The van der Waals surface area contributed by atoms with Crippen LogP contribution in [0.15, 0.2) is 12.1 Å². The summed E-state index contributed by atoms with van der Waals surface area (Å²) in [6.45, 7) is 5.73. The molecule has 4 nitrogen and oxygen atoms in total. The summed E-state index contributed by atoms with van der Waals surface area (Å²) in [7, 11) is 1.55. The lowest BCUT2D eigenvalue weighted by molar-refractivity contribution is -0.115. The van der Waals surface area contributed by atoms with Crippen molar-refractivity contribution < 1.29 is 9.53 Å². The molecule has 126 valence electrons. The third kappa shape index (κ3) is 4.75. The number of hydrogen-bond donors (Lipinski definition) is 1. The van der Waals surface area contributed by atoms with E-state index < -0.39 is 0 Å². The Hall–Kier alpha value is -0.980. The number of carbonyl (C=O) groups is 1. The van der Waals surface area contributed by atoms with Gasteiger partial charge in [0.15, 0.2) is 0 Å². The molecule has 23 heavy (non-hydrogen) atoms. The first-order chi connectivity index (χ1) is 10.9. The third-order valence-corrected chi connectivity index (χ3v) is 5.73. The minimum Gasteiger partial charge on any atom is -0.495 e. The van der Waals surface area contributed by atoms with Crippen LogP contribution in [0.5, 0.6) is 5.75 Å². The summed E-state index contributed by atoms with van der Waals surface area (Å²) in [6.07, 6.45) is 2.34. The number of hydrogen-bond acceptors (Lipinski definition) is 4. The summed E-state index contributed by atoms with van der Waals surface area (Å²) in [4.78, 5) is 14.6. The molecule has 1 atom stereocenters. The van der Waals surface area contributed by atoms with Gasteiger partial charge in [0.2, 0.25) is 5.91 Å². The Morgan fingerprint density at radius 3 is 2.70 bits per heavy atom. The highest BCUT2D eigenvalue weighted by atomic mass is 35.5. The van der Waals surface area contributed by atoms with Crippen molar-refractivity contribution in [1.82, 2.24) is 4.90 Å². The van der Waals surface area contributed by atoms with Crippen LogP contribution >= 0.6 is 35.6 Å². The molecule has 1 aromatic carbocycles. The number of nitrogens with zero attached hydrogens (tertiary/aromatic N) is 1. The maximum Gasteiger partial charge on any atom is 0.237 e. The van der Waals surface area contributed by atoms with Crippen LogP contribution in [0, 0.1) is 6.92 Å². The zero-order chi connectivity index (χ0) is 17.0. The molecular formula is C16H21ClN2O2S2. The Bertz CT molecular complexity index is 604. The highest BCUT2D eigenvalue weighted by Gasteiger charge is 2.22. The summed E-state index contributed by atoms with van der Waals surface area (Å²) in [5.41, 5.74) is 1.51. The molecule has 2 rings (SSSR count). The van der Waals surface area contributed by atoms with Crippen molar-refractivity contribution in [3.8, 4) is 5.75 Å². The Morgan fingerprint density at radius 1 is 1.43 bits per heavy atom. The zero-order valence-corrected chi connectivity index (χ0v) is 15.9. The number of thioether (sulfide) groups is 1. The quantitative estimate of drug-likeness (QED) is 0.806. The number of halogens is 1. The van der Waals surface area contributed by atoms with Crippen LogP contribution in [0.4, 0.5) is 5.69 Å². The van der Waals surface area contributed by atoms with Gasteiger partial charge in [0.25, 0.3) is 0 Å². The van der Waals surface area contributed by atoms with E-state index in [9.17, 15) is 4.79 Å². The number of benzene rings is 1. The number of carbonyl (C=O) groups excluding carboxylic acids is 1. The minimum atomic E-state index is -0.274. The highest BCUT2D eigenvalue weighted by molar-refractivity contribution is 8.23. The van der Waals surface area contributed by atoms with Gasteiger partial charge in [-0.2, -0.15) is 0 Å². The first kappa shape index (κ1) is 18.4. The highest BCUT2D eigenvalue weighted by Crippen LogP contribution is 2.31. The average molecular weight is 373 g/mol. The first-order valence-corrected chi connectivity index (χ1v) is 9.19. The SMILES string of the molecule is COc1cc(Cl)c(C)cc1NC(=O)C(C)SC(=S)N1CCCC1. The summed E-state index contributed by atoms with van der Waals surface area (Å²) in [5.74, 6) is 0.449. The topological polar surface area (TPSA) is 41.6 Å². The van der Waals surface area contributed by atoms with Crippen molar-refractivity contribution in [2.24, 2.45) is 0 Å². The van der Waals surface area contributed by atoms with Gasteiger partial charge < -0.3 is 15.0 Å². The molecule has 1 amide bonds. The third-order valence-electron chi connectivity index (χ3n) is 3.75. The summed E-state index contributed by atoms with van der Waals surface area (Å²) >= 11 is 12.9. The first-order valence-electron chi connectivity index (χ1n) is 7.53. The van der Waals surface area contributed by atoms with Crippen LogP contribution in [-0.4, -0.2) is 40.6 Å². The Balaban J connectivity index is 2.00. The van der Waals surface area contributed by atoms with Gasteiger partial charge in [-0.25, -0.2) is 0 Å². The summed E-state index contributed by atoms with van der Waals surface area (Å²) in [5, 5.41) is 3.24. The van der Waals surface area contributed by atoms with E-state index in [4.69, 9.17) is 28.6 Å². The molecule has 1 fully saturated rings. The zero-order valence-electron chi connectivity index (χ0n) is 13.5. The van der Waals surface area contributed by atoms with E-state index >= 15 is 0 Å². The van der Waals surface area contributed by atoms with E-state index in [1.807, 2.05) is 19.9 Å². The van der Waals surface area contributed by atoms with Crippen molar-refractivity contribution >= 4 is 51.5 Å². The van der Waals surface area contributed by atoms with Crippen molar-refractivity contribution in [2.75, 3.05) is 25.5 Å². The summed E-state index contributed by atoms with van der Waals surface area (Å²) < 4.78 is 6.08. The molecule has 0 bridgehead atoms.